The number of carbonyl (C=O) groups is 2. The van der Waals surface area contributed by atoms with Crippen LogP contribution in [0.2, 0.25) is 0 Å². The molecule has 0 aliphatic carbocycles. The van der Waals surface area contributed by atoms with Crippen LogP contribution in [0.25, 0.3) is 10.9 Å². The normalized spacial score (nSPS) is 14.1. The number of sulfone groups is 1. The number of piperazine rings is 1. The van der Waals surface area contributed by atoms with Crippen molar-refractivity contribution in [3.8, 4) is 0 Å². The highest BCUT2D eigenvalue weighted by Crippen LogP contribution is 2.33. The van der Waals surface area contributed by atoms with E-state index in [9.17, 15) is 22.4 Å². The second-order valence-electron chi connectivity index (χ2n) is 10.6. The maximum atomic E-state index is 13.8. The Morgan fingerprint density at radius 3 is 2.36 bits per heavy atom. The number of likely N-dealkylation sites (N-methyl/N-ethyl adjacent to an activating group) is 1. The van der Waals surface area contributed by atoms with Gasteiger partial charge in [-0.05, 0) is 55.6 Å². The highest BCUT2D eigenvalue weighted by atomic mass is 32.2. The summed E-state index contributed by atoms with van der Waals surface area (Å²) in [7, 11) is -2.03. The fourth-order valence-electron chi connectivity index (χ4n) is 5.30. The summed E-state index contributed by atoms with van der Waals surface area (Å²) >= 11 is 0. The van der Waals surface area contributed by atoms with Crippen LogP contribution < -0.4 is 16.0 Å². The Balaban J connectivity index is 1.38. The molecule has 0 spiro atoms. The molecule has 1 aliphatic rings. The third-order valence-electron chi connectivity index (χ3n) is 7.76. The lowest BCUT2D eigenvalue weighted by molar-refractivity contribution is 0.0996. The third kappa shape index (κ3) is 5.40. The number of aromatic amines is 1. The van der Waals surface area contributed by atoms with Gasteiger partial charge in [0.05, 0.1) is 37.8 Å². The minimum Gasteiger partial charge on any atom is -0.396 e. The molecule has 0 saturated carbocycles. The lowest BCUT2D eigenvalue weighted by Gasteiger charge is -2.35. The number of halogens is 1. The molecule has 44 heavy (non-hydrogen) atoms. The number of nitrogens with zero attached hydrogens (tertiary/aromatic N) is 3. The molecule has 0 atom stereocenters. The van der Waals surface area contributed by atoms with E-state index in [4.69, 9.17) is 5.73 Å². The van der Waals surface area contributed by atoms with Crippen LogP contribution in [-0.2, 0) is 9.84 Å². The van der Waals surface area contributed by atoms with Gasteiger partial charge in [-0.2, -0.15) is 5.10 Å². The fraction of sp³-hybridized carbons (Fsp3) is 0.156. The third-order valence-corrected chi connectivity index (χ3v) is 9.51. The number of hydrogen-bond acceptors (Lipinski definition) is 8. The topological polar surface area (TPSA) is 141 Å². The number of amides is 1. The van der Waals surface area contributed by atoms with Gasteiger partial charge in [0.25, 0.3) is 5.91 Å². The van der Waals surface area contributed by atoms with Gasteiger partial charge in [0.1, 0.15) is 5.82 Å². The van der Waals surface area contributed by atoms with Crippen molar-refractivity contribution >= 4 is 49.6 Å². The van der Waals surface area contributed by atoms with Gasteiger partial charge in [0.2, 0.25) is 9.84 Å². The van der Waals surface area contributed by atoms with E-state index >= 15 is 0 Å². The van der Waals surface area contributed by atoms with Crippen molar-refractivity contribution in [3.05, 3.63) is 107 Å². The van der Waals surface area contributed by atoms with Crippen molar-refractivity contribution in [3.63, 3.8) is 0 Å². The van der Waals surface area contributed by atoms with Gasteiger partial charge in [0, 0.05) is 37.1 Å². The van der Waals surface area contributed by atoms with Crippen molar-refractivity contribution in [1.29, 1.82) is 0 Å². The van der Waals surface area contributed by atoms with E-state index in [0.717, 1.165) is 25.2 Å². The average molecular weight is 613 g/mol. The molecule has 1 fully saturated rings. The van der Waals surface area contributed by atoms with E-state index in [1.54, 1.807) is 42.5 Å². The van der Waals surface area contributed by atoms with Crippen LogP contribution in [0.3, 0.4) is 0 Å². The van der Waals surface area contributed by atoms with E-state index in [0.29, 0.717) is 35.2 Å². The number of aromatic nitrogens is 2. The minimum atomic E-state index is -4.06. The van der Waals surface area contributed by atoms with Gasteiger partial charge >= 0.3 is 0 Å². The molecule has 1 saturated heterocycles. The molecule has 0 radical (unpaired) electrons. The van der Waals surface area contributed by atoms with E-state index in [2.05, 4.69) is 25.3 Å². The first-order valence-electron chi connectivity index (χ1n) is 13.9. The predicted molar refractivity (Wildman–Crippen MR) is 166 cm³/mol. The van der Waals surface area contributed by atoms with Crippen LogP contribution in [0.15, 0.2) is 94.7 Å². The Bertz CT molecular complexity index is 2000. The van der Waals surface area contributed by atoms with Crippen LogP contribution >= 0.6 is 0 Å². The second kappa shape index (κ2) is 11.5. The van der Waals surface area contributed by atoms with Crippen molar-refractivity contribution in [2.45, 2.75) is 9.79 Å². The lowest BCUT2D eigenvalue weighted by Crippen LogP contribution is -2.44. The number of nitrogens with two attached hydrogens (primary N) is 1. The molecule has 4 N–H and O–H groups in total. The summed E-state index contributed by atoms with van der Waals surface area (Å²) in [5.74, 6) is -1.67. The number of fused-ring (bicyclic) bond motifs is 1. The first-order chi connectivity index (χ1) is 21.1. The molecule has 1 aromatic heterocycles. The Hall–Kier alpha value is -5.07. The van der Waals surface area contributed by atoms with Crippen molar-refractivity contribution in [2.75, 3.05) is 49.2 Å². The Morgan fingerprint density at radius 2 is 1.64 bits per heavy atom. The average Bonchev–Trinajstić information content (AvgIpc) is 3.43. The number of ketones is 1. The Kier molecular flexibility index (Phi) is 7.62. The monoisotopic (exact) mass is 612 g/mol. The van der Waals surface area contributed by atoms with E-state index in [-0.39, 0.29) is 32.4 Å². The van der Waals surface area contributed by atoms with Crippen molar-refractivity contribution in [2.24, 2.45) is 0 Å². The lowest BCUT2D eigenvalue weighted by atomic mass is 9.94. The zero-order valence-electron chi connectivity index (χ0n) is 23.7. The Labute approximate surface area is 253 Å². The van der Waals surface area contributed by atoms with Gasteiger partial charge in [-0.1, -0.05) is 36.4 Å². The zero-order valence-corrected chi connectivity index (χ0v) is 24.6. The predicted octanol–water partition coefficient (Wildman–Crippen LogP) is 4.35. The molecule has 0 bridgehead atoms. The van der Waals surface area contributed by atoms with E-state index < -0.39 is 27.3 Å². The molecule has 6 rings (SSSR count). The largest absolute Gasteiger partial charge is 0.396 e. The van der Waals surface area contributed by atoms with Crippen LogP contribution in [0.1, 0.15) is 26.3 Å². The van der Waals surface area contributed by atoms with Gasteiger partial charge in [0.15, 0.2) is 11.6 Å². The first-order valence-corrected chi connectivity index (χ1v) is 15.4. The van der Waals surface area contributed by atoms with Crippen LogP contribution in [-0.4, -0.2) is 68.4 Å². The van der Waals surface area contributed by atoms with Crippen LogP contribution in [0, 0.1) is 5.82 Å². The van der Waals surface area contributed by atoms with Gasteiger partial charge in [-0.25, -0.2) is 12.8 Å². The number of nitrogens with one attached hydrogen (secondary N) is 2. The molecule has 5 aromatic rings. The number of anilines is 3. The molecule has 1 amide bonds. The maximum Gasteiger partial charge on any atom is 0.257 e. The Morgan fingerprint density at radius 1 is 0.909 bits per heavy atom. The SMILES string of the molecule is CN1CCN(c2ccc(C(=O)Nc3n[nH]c4ccc(S(=O)(=O)c5cccc(F)c5)cc34)c(C(=O)c3ccccc3)c2N)CC1. The van der Waals surface area contributed by atoms with Crippen LogP contribution in [0.4, 0.5) is 21.6 Å². The summed E-state index contributed by atoms with van der Waals surface area (Å²) in [5, 5.41) is 10.0. The maximum absolute atomic E-state index is 13.8. The number of hydrogen-bond donors (Lipinski definition) is 3. The molecule has 224 valence electrons. The van der Waals surface area contributed by atoms with Crippen molar-refractivity contribution < 1.29 is 22.4 Å². The van der Waals surface area contributed by atoms with Crippen molar-refractivity contribution in [1.82, 2.24) is 15.1 Å². The number of benzene rings is 4. The summed E-state index contributed by atoms with van der Waals surface area (Å²) in [4.78, 5) is 31.6. The number of H-pyrrole nitrogens is 1. The van der Waals surface area contributed by atoms with Gasteiger partial charge in [-0.3, -0.25) is 14.7 Å². The quantitative estimate of drug-likeness (QED) is 0.182. The molecule has 1 aliphatic heterocycles. The number of carbonyl (C=O) groups excluding carboxylic acids is 2. The summed E-state index contributed by atoms with van der Waals surface area (Å²) in [6.45, 7) is 3.08. The molecule has 12 heteroatoms. The minimum absolute atomic E-state index is 0.0499. The molecule has 4 aromatic carbocycles. The standard InChI is InChI=1S/C32H29FN6O4S/c1-38-14-16-39(17-15-38)27-13-11-24(28(29(27)34)30(40)20-6-3-2-4-7-20)32(41)35-31-25-19-23(10-12-26(25)36-37-31)44(42,43)22-9-5-8-21(33)18-22/h2-13,18-19H,14-17,34H2,1H3,(H2,35,36,37,41). The fourth-order valence-corrected chi connectivity index (χ4v) is 6.62. The van der Waals surface area contributed by atoms with Crippen LogP contribution in [0.5, 0.6) is 0 Å². The summed E-state index contributed by atoms with van der Waals surface area (Å²) in [6, 6.07) is 20.9. The van der Waals surface area contributed by atoms with E-state index in [1.165, 1.54) is 30.3 Å². The molecule has 10 nitrogen and oxygen atoms in total. The van der Waals surface area contributed by atoms with Gasteiger partial charge < -0.3 is 20.9 Å². The molecular weight excluding hydrogens is 583 g/mol. The molecule has 0 unspecified atom stereocenters. The number of nitrogen functional groups attached to an aromatic ring is 1. The smallest absolute Gasteiger partial charge is 0.257 e. The summed E-state index contributed by atoms with van der Waals surface area (Å²) < 4.78 is 40.3. The highest BCUT2D eigenvalue weighted by molar-refractivity contribution is 7.91. The van der Waals surface area contributed by atoms with Gasteiger partial charge in [-0.15, -0.1) is 0 Å². The molecular formula is C32H29FN6O4S. The second-order valence-corrected chi connectivity index (χ2v) is 12.6. The first kappa shape index (κ1) is 29.0. The van der Waals surface area contributed by atoms with E-state index in [1.807, 2.05) is 7.05 Å². The number of rotatable bonds is 7. The summed E-state index contributed by atoms with van der Waals surface area (Å²) in [5.41, 5.74) is 8.48. The zero-order chi connectivity index (χ0) is 31.0. The highest BCUT2D eigenvalue weighted by Gasteiger charge is 2.27. The summed E-state index contributed by atoms with van der Waals surface area (Å²) in [6.07, 6.45) is 0. The molecule has 2 heterocycles.